The average Bonchev–Trinajstić information content (AvgIpc) is 3.00. The maximum Gasteiger partial charge on any atom is 0.329 e. The molecule has 0 saturated heterocycles. The molecule has 0 aliphatic heterocycles. The lowest BCUT2D eigenvalue weighted by molar-refractivity contribution is 0.0825. The summed E-state index contributed by atoms with van der Waals surface area (Å²) >= 11 is 3.35. The molecule has 3 aromatic rings. The van der Waals surface area contributed by atoms with Crippen molar-refractivity contribution >= 4 is 39.3 Å². The molecule has 0 unspecified atom stereocenters. The summed E-state index contributed by atoms with van der Waals surface area (Å²) in [5.41, 5.74) is 2.52. The van der Waals surface area contributed by atoms with Gasteiger partial charge in [-0.15, -0.1) is 0 Å². The lowest BCUT2D eigenvalue weighted by Crippen LogP contribution is -2.30. The van der Waals surface area contributed by atoms with Gasteiger partial charge >= 0.3 is 5.69 Å². The topological polar surface area (TPSA) is 138 Å². The van der Waals surface area contributed by atoms with E-state index in [0.717, 1.165) is 10.0 Å². The average molecular weight is 437 g/mol. The summed E-state index contributed by atoms with van der Waals surface area (Å²) in [6.07, 6.45) is 0.442. The van der Waals surface area contributed by atoms with Crippen molar-refractivity contribution in [3.05, 3.63) is 55.1 Å². The molecule has 27 heavy (non-hydrogen) atoms. The van der Waals surface area contributed by atoms with E-state index in [1.54, 1.807) is 6.21 Å². The van der Waals surface area contributed by atoms with Crippen LogP contribution in [0.25, 0.3) is 11.2 Å². The number of aliphatic hydroxyl groups is 2. The van der Waals surface area contributed by atoms with E-state index in [9.17, 15) is 14.7 Å². The lowest BCUT2D eigenvalue weighted by atomic mass is 10.2. The second-order valence-corrected chi connectivity index (χ2v) is 6.71. The van der Waals surface area contributed by atoms with Crippen molar-refractivity contribution in [2.75, 3.05) is 12.0 Å². The lowest BCUT2D eigenvalue weighted by Gasteiger charge is -2.11. The minimum absolute atomic E-state index is 0.0888. The summed E-state index contributed by atoms with van der Waals surface area (Å²) in [6.45, 7) is -0.602. The number of aliphatic hydroxyl groups excluding tert-OH is 2. The Kier molecular flexibility index (Phi) is 5.54. The van der Waals surface area contributed by atoms with E-state index in [1.807, 2.05) is 24.3 Å². The Hall–Kier alpha value is -2.76. The number of aryl methyl sites for hydroxylation is 1. The van der Waals surface area contributed by atoms with Gasteiger partial charge < -0.3 is 14.8 Å². The summed E-state index contributed by atoms with van der Waals surface area (Å²) in [6, 6.07) is 7.43. The third-order valence-electron chi connectivity index (χ3n) is 3.86. The molecule has 1 aromatic carbocycles. The molecule has 2 heterocycles. The first-order chi connectivity index (χ1) is 12.9. The summed E-state index contributed by atoms with van der Waals surface area (Å²) in [4.78, 5) is 30.5. The molecular formula is C16H17BrN6O4. The van der Waals surface area contributed by atoms with Crippen LogP contribution in [0.4, 0.5) is 5.95 Å². The Morgan fingerprint density at radius 2 is 2.07 bits per heavy atom. The molecule has 3 rings (SSSR count). The van der Waals surface area contributed by atoms with Crippen LogP contribution in [0.1, 0.15) is 5.56 Å². The fourth-order valence-electron chi connectivity index (χ4n) is 2.48. The third-order valence-corrected chi connectivity index (χ3v) is 4.39. The van der Waals surface area contributed by atoms with Crippen LogP contribution in [-0.2, 0) is 13.6 Å². The highest BCUT2D eigenvalue weighted by molar-refractivity contribution is 9.10. The first kappa shape index (κ1) is 19.0. The van der Waals surface area contributed by atoms with E-state index >= 15 is 0 Å². The van der Waals surface area contributed by atoms with Gasteiger partial charge in [0, 0.05) is 11.5 Å². The predicted octanol–water partition coefficient (Wildman–Crippen LogP) is -0.0150. The second kappa shape index (κ2) is 7.86. The van der Waals surface area contributed by atoms with Crippen LogP contribution in [0.2, 0.25) is 0 Å². The Labute approximate surface area is 160 Å². The van der Waals surface area contributed by atoms with Gasteiger partial charge in [0.15, 0.2) is 11.2 Å². The van der Waals surface area contributed by atoms with E-state index in [-0.39, 0.29) is 23.7 Å². The number of nitrogens with zero attached hydrogens (tertiary/aromatic N) is 4. The Bertz CT molecular complexity index is 1100. The molecule has 1 atom stereocenters. The number of benzene rings is 1. The molecule has 0 fully saturated rings. The summed E-state index contributed by atoms with van der Waals surface area (Å²) in [5.74, 6) is 0.151. The number of halogens is 1. The molecule has 4 N–H and O–H groups in total. The summed E-state index contributed by atoms with van der Waals surface area (Å²) < 4.78 is 3.49. The van der Waals surface area contributed by atoms with Gasteiger partial charge in [-0.05, 0) is 17.7 Å². The molecule has 0 bridgehead atoms. The molecule has 10 nitrogen and oxygen atoms in total. The second-order valence-electron chi connectivity index (χ2n) is 5.79. The number of aromatic nitrogens is 4. The number of nitrogens with one attached hydrogen (secondary N) is 2. The molecule has 0 saturated carbocycles. The largest absolute Gasteiger partial charge is 0.394 e. The number of fused-ring (bicyclic) bond motifs is 1. The van der Waals surface area contributed by atoms with E-state index in [0.29, 0.717) is 0 Å². The van der Waals surface area contributed by atoms with E-state index < -0.39 is 24.0 Å². The van der Waals surface area contributed by atoms with Gasteiger partial charge in [-0.1, -0.05) is 28.1 Å². The van der Waals surface area contributed by atoms with Crippen molar-refractivity contribution in [2.24, 2.45) is 12.1 Å². The zero-order valence-corrected chi connectivity index (χ0v) is 15.8. The molecule has 0 aliphatic carbocycles. The number of anilines is 1. The number of hydrazone groups is 1. The zero-order chi connectivity index (χ0) is 19.6. The maximum atomic E-state index is 12.2. The van der Waals surface area contributed by atoms with Crippen molar-refractivity contribution in [3.63, 3.8) is 0 Å². The third kappa shape index (κ3) is 3.99. The quantitative estimate of drug-likeness (QED) is 0.316. The Morgan fingerprint density at radius 3 is 2.74 bits per heavy atom. The molecule has 142 valence electrons. The number of rotatable bonds is 6. The SMILES string of the molecule is Cn1c(=O)[nH]c(=O)c2c1nc(N/N=C\c1ccc(Br)cc1)n2C[C@@H](O)CO. The summed E-state index contributed by atoms with van der Waals surface area (Å²) in [5, 5.41) is 23.0. The minimum Gasteiger partial charge on any atom is -0.394 e. The molecule has 11 heteroatoms. The van der Waals surface area contributed by atoms with Gasteiger partial charge in [0.1, 0.15) is 0 Å². The number of aromatic amines is 1. The van der Waals surface area contributed by atoms with Crippen LogP contribution in [0.5, 0.6) is 0 Å². The molecule has 0 aliphatic rings. The number of imidazole rings is 1. The predicted molar refractivity (Wildman–Crippen MR) is 104 cm³/mol. The van der Waals surface area contributed by atoms with Gasteiger partial charge in [0.25, 0.3) is 5.56 Å². The number of hydrogen-bond donors (Lipinski definition) is 4. The normalized spacial score (nSPS) is 12.7. The van der Waals surface area contributed by atoms with Crippen LogP contribution in [0.3, 0.4) is 0 Å². The smallest absolute Gasteiger partial charge is 0.329 e. The fraction of sp³-hybridized carbons (Fsp3) is 0.250. The van der Waals surface area contributed by atoms with Crippen molar-refractivity contribution in [3.8, 4) is 0 Å². The van der Waals surface area contributed by atoms with Crippen LogP contribution in [0.15, 0.2) is 43.4 Å². The van der Waals surface area contributed by atoms with Gasteiger partial charge in [-0.2, -0.15) is 10.1 Å². The molecule has 0 amide bonds. The molecule has 0 spiro atoms. The molecule has 2 aromatic heterocycles. The summed E-state index contributed by atoms with van der Waals surface area (Å²) in [7, 11) is 1.47. The molecule has 0 radical (unpaired) electrons. The highest BCUT2D eigenvalue weighted by Crippen LogP contribution is 2.16. The molecular weight excluding hydrogens is 420 g/mol. The standard InChI is InChI=1S/C16H17BrN6O4/c1-22-13-12(14(26)20-16(22)27)23(7-11(25)8-24)15(19-13)21-18-6-9-2-4-10(17)5-3-9/h2-6,11,24-25H,7-8H2,1H3,(H,19,21)(H,20,26,27)/b18-6-/t11-/m1/s1. The highest BCUT2D eigenvalue weighted by atomic mass is 79.9. The van der Waals surface area contributed by atoms with Crippen LogP contribution < -0.4 is 16.7 Å². The van der Waals surface area contributed by atoms with E-state index in [2.05, 4.69) is 36.4 Å². The zero-order valence-electron chi connectivity index (χ0n) is 14.3. The van der Waals surface area contributed by atoms with E-state index in [4.69, 9.17) is 5.11 Å². The first-order valence-electron chi connectivity index (χ1n) is 7.94. The highest BCUT2D eigenvalue weighted by Gasteiger charge is 2.19. The van der Waals surface area contributed by atoms with Crippen LogP contribution in [-0.4, -0.2) is 48.2 Å². The van der Waals surface area contributed by atoms with Gasteiger partial charge in [0.05, 0.1) is 25.5 Å². The van der Waals surface area contributed by atoms with Crippen LogP contribution in [0, 0.1) is 0 Å². The van der Waals surface area contributed by atoms with E-state index in [1.165, 1.54) is 16.2 Å². The maximum absolute atomic E-state index is 12.2. The van der Waals surface area contributed by atoms with Gasteiger partial charge in [-0.25, -0.2) is 10.2 Å². The van der Waals surface area contributed by atoms with Crippen molar-refractivity contribution in [2.45, 2.75) is 12.6 Å². The van der Waals surface area contributed by atoms with Crippen molar-refractivity contribution < 1.29 is 10.2 Å². The number of hydrogen-bond acceptors (Lipinski definition) is 7. The Balaban J connectivity index is 2.02. The Morgan fingerprint density at radius 1 is 1.37 bits per heavy atom. The van der Waals surface area contributed by atoms with Crippen molar-refractivity contribution in [1.29, 1.82) is 0 Å². The first-order valence-corrected chi connectivity index (χ1v) is 8.73. The number of H-pyrrole nitrogens is 1. The van der Waals surface area contributed by atoms with Crippen LogP contribution >= 0.6 is 15.9 Å². The van der Waals surface area contributed by atoms with Gasteiger partial charge in [0.2, 0.25) is 5.95 Å². The monoisotopic (exact) mass is 436 g/mol. The van der Waals surface area contributed by atoms with Crippen molar-refractivity contribution in [1.82, 2.24) is 19.1 Å². The minimum atomic E-state index is -1.12. The fourth-order valence-corrected chi connectivity index (χ4v) is 2.74. The van der Waals surface area contributed by atoms with Gasteiger partial charge in [-0.3, -0.25) is 14.3 Å².